The Morgan fingerprint density at radius 3 is 1.84 bits per heavy atom. The number of halogens is 5. The highest BCUT2D eigenvalue weighted by Gasteiger charge is 2.61. The van der Waals surface area contributed by atoms with Crippen LogP contribution in [0.1, 0.15) is 18.9 Å². The van der Waals surface area contributed by atoms with Gasteiger partial charge in [0.05, 0.1) is 0 Å². The van der Waals surface area contributed by atoms with E-state index in [1.165, 1.54) is 36.4 Å². The maximum absolute atomic E-state index is 14.8. The van der Waals surface area contributed by atoms with E-state index in [-0.39, 0.29) is 11.5 Å². The fraction of sp³-hybridized carbons (Fsp3) is 0.333. The molecule has 2 rings (SSSR count). The van der Waals surface area contributed by atoms with E-state index < -0.39 is 18.4 Å². The summed E-state index contributed by atoms with van der Waals surface area (Å²) in [4.78, 5) is 0. The van der Waals surface area contributed by atoms with Crippen molar-refractivity contribution in [3.63, 3.8) is 0 Å². The molecule has 0 amide bonds. The predicted octanol–water partition coefficient (Wildman–Crippen LogP) is 5.62. The number of hydrogen-bond acceptors (Lipinski definition) is 2. The van der Waals surface area contributed by atoms with Gasteiger partial charge < -0.3 is 9.47 Å². The van der Waals surface area contributed by atoms with Crippen molar-refractivity contribution in [1.29, 1.82) is 0 Å². The molecule has 0 aliphatic carbocycles. The van der Waals surface area contributed by atoms with Gasteiger partial charge in [0.25, 0.3) is 0 Å². The molecule has 0 bridgehead atoms. The lowest BCUT2D eigenvalue weighted by molar-refractivity contribution is -0.325. The summed E-state index contributed by atoms with van der Waals surface area (Å²) in [5.41, 5.74) is 0.899. The molecule has 0 aliphatic rings. The van der Waals surface area contributed by atoms with Crippen LogP contribution in [0, 0.1) is 0 Å². The van der Waals surface area contributed by atoms with E-state index in [0.717, 1.165) is 18.4 Å². The predicted molar refractivity (Wildman–Crippen MR) is 82.9 cm³/mol. The molecule has 0 aliphatic heterocycles. The lowest BCUT2D eigenvalue weighted by atomic mass is 10.1. The smallest absolute Gasteiger partial charge is 0.424 e. The normalized spacial score (nSPS) is 15.3. The second kappa shape index (κ2) is 7.72. The van der Waals surface area contributed by atoms with Gasteiger partial charge in [0.2, 0.25) is 0 Å². The molecule has 0 spiro atoms. The number of aryl methyl sites for hydroxylation is 1. The Labute approximate surface area is 142 Å². The first-order valence-electron chi connectivity index (χ1n) is 7.66. The molecule has 0 N–H and O–H groups in total. The van der Waals surface area contributed by atoms with E-state index >= 15 is 0 Å². The molecule has 25 heavy (non-hydrogen) atoms. The molecule has 2 aromatic rings. The molecule has 0 saturated carbocycles. The standard InChI is InChI=1S/C18H17F5O2/c1-2-6-13-9-11-15(12-10-13)25-18(23,16(19)17(20,21)22)24-14-7-4-3-5-8-14/h3-5,7-12,16H,2,6H2,1H3. The molecular formula is C18H17F5O2. The Morgan fingerprint density at radius 1 is 0.840 bits per heavy atom. The van der Waals surface area contributed by atoms with Crippen LogP contribution in [0.2, 0.25) is 0 Å². The summed E-state index contributed by atoms with van der Waals surface area (Å²) in [6.07, 6.45) is -7.87. The summed E-state index contributed by atoms with van der Waals surface area (Å²) in [6.45, 7) is 1.96. The SMILES string of the molecule is CCCc1ccc(OC(F)(Oc2ccccc2)C(F)C(F)(F)F)cc1. The van der Waals surface area contributed by atoms with Crippen LogP contribution in [0.25, 0.3) is 0 Å². The Bertz CT molecular complexity index is 657. The molecule has 7 heteroatoms. The van der Waals surface area contributed by atoms with E-state index in [0.29, 0.717) is 0 Å². The van der Waals surface area contributed by atoms with Gasteiger partial charge in [-0.3, -0.25) is 0 Å². The Kier molecular flexibility index (Phi) is 5.87. The fourth-order valence-electron chi connectivity index (χ4n) is 2.14. The molecule has 2 atom stereocenters. The van der Waals surface area contributed by atoms with Crippen LogP contribution >= 0.6 is 0 Å². The number of hydrogen-bond donors (Lipinski definition) is 0. The van der Waals surface area contributed by atoms with Gasteiger partial charge >= 0.3 is 18.4 Å². The van der Waals surface area contributed by atoms with E-state index in [1.54, 1.807) is 18.2 Å². The zero-order valence-corrected chi connectivity index (χ0v) is 13.4. The Hall–Kier alpha value is -2.31. The number of alkyl halides is 5. The minimum Gasteiger partial charge on any atom is -0.424 e. The van der Waals surface area contributed by atoms with Crippen LogP contribution in [-0.2, 0) is 6.42 Å². The van der Waals surface area contributed by atoms with Crippen molar-refractivity contribution in [1.82, 2.24) is 0 Å². The topological polar surface area (TPSA) is 18.5 Å². The van der Waals surface area contributed by atoms with Crippen LogP contribution in [0.15, 0.2) is 54.6 Å². The fourth-order valence-corrected chi connectivity index (χ4v) is 2.14. The highest BCUT2D eigenvalue weighted by molar-refractivity contribution is 5.28. The second-order valence-corrected chi connectivity index (χ2v) is 5.40. The Morgan fingerprint density at radius 2 is 1.36 bits per heavy atom. The van der Waals surface area contributed by atoms with Crippen molar-refractivity contribution < 1.29 is 31.4 Å². The van der Waals surface area contributed by atoms with E-state index in [9.17, 15) is 22.0 Å². The summed E-state index contributed by atoms with van der Waals surface area (Å²) >= 11 is 0. The van der Waals surface area contributed by atoms with Gasteiger partial charge in [-0.25, -0.2) is 4.39 Å². The molecular weight excluding hydrogens is 343 g/mol. The zero-order chi connectivity index (χ0) is 18.5. The van der Waals surface area contributed by atoms with Crippen LogP contribution in [0.3, 0.4) is 0 Å². The minimum atomic E-state index is -5.49. The van der Waals surface area contributed by atoms with E-state index in [2.05, 4.69) is 9.47 Å². The monoisotopic (exact) mass is 360 g/mol. The van der Waals surface area contributed by atoms with E-state index in [1.807, 2.05) is 6.92 Å². The van der Waals surface area contributed by atoms with Crippen molar-refractivity contribution in [2.24, 2.45) is 0 Å². The van der Waals surface area contributed by atoms with Crippen LogP contribution in [0.5, 0.6) is 11.5 Å². The molecule has 2 nitrogen and oxygen atoms in total. The summed E-state index contributed by atoms with van der Waals surface area (Å²) in [5, 5.41) is 0. The highest BCUT2D eigenvalue weighted by atomic mass is 19.4. The molecule has 0 radical (unpaired) electrons. The first-order chi connectivity index (χ1) is 11.7. The first kappa shape index (κ1) is 19.0. The first-order valence-corrected chi connectivity index (χ1v) is 7.66. The van der Waals surface area contributed by atoms with E-state index in [4.69, 9.17) is 0 Å². The summed E-state index contributed by atoms with van der Waals surface area (Å²) in [5.74, 6) is -0.565. The summed E-state index contributed by atoms with van der Waals surface area (Å²) in [7, 11) is 0. The van der Waals surface area contributed by atoms with Crippen LogP contribution < -0.4 is 9.47 Å². The van der Waals surface area contributed by atoms with Crippen LogP contribution in [0.4, 0.5) is 22.0 Å². The lowest BCUT2D eigenvalue weighted by Gasteiger charge is -2.30. The van der Waals surface area contributed by atoms with Crippen molar-refractivity contribution >= 4 is 0 Å². The average molecular weight is 360 g/mol. The molecule has 0 fully saturated rings. The number of rotatable bonds is 7. The van der Waals surface area contributed by atoms with Gasteiger partial charge in [0.15, 0.2) is 0 Å². The maximum atomic E-state index is 14.8. The minimum absolute atomic E-state index is 0.273. The van der Waals surface area contributed by atoms with Gasteiger partial charge in [-0.1, -0.05) is 43.7 Å². The van der Waals surface area contributed by atoms with Crippen molar-refractivity contribution in [3.05, 3.63) is 60.2 Å². The summed E-state index contributed by atoms with van der Waals surface area (Å²) < 4.78 is 76.0. The molecule has 0 aromatic heterocycles. The van der Waals surface area contributed by atoms with Crippen molar-refractivity contribution in [3.8, 4) is 11.5 Å². The average Bonchev–Trinajstić information content (AvgIpc) is 2.56. The van der Waals surface area contributed by atoms with Crippen molar-refractivity contribution in [2.75, 3.05) is 0 Å². The van der Waals surface area contributed by atoms with Gasteiger partial charge in [-0.05, 0) is 36.2 Å². The Balaban J connectivity index is 2.27. The number of ether oxygens (including phenoxy) is 2. The van der Waals surface area contributed by atoms with Gasteiger partial charge in [-0.2, -0.15) is 17.6 Å². The molecule has 0 saturated heterocycles. The molecule has 0 heterocycles. The third kappa shape index (κ3) is 5.08. The lowest BCUT2D eigenvalue weighted by Crippen LogP contribution is -2.53. The molecule has 2 unspecified atom stereocenters. The quantitative estimate of drug-likeness (QED) is 0.471. The summed E-state index contributed by atoms with van der Waals surface area (Å²) in [6, 6.07) is 8.42. The molecule has 136 valence electrons. The molecule has 2 aromatic carbocycles. The highest BCUT2D eigenvalue weighted by Crippen LogP contribution is 2.37. The number of benzene rings is 2. The van der Waals surface area contributed by atoms with Gasteiger partial charge in [0, 0.05) is 0 Å². The van der Waals surface area contributed by atoms with Crippen molar-refractivity contribution in [2.45, 2.75) is 38.2 Å². The maximum Gasteiger partial charge on any atom is 0.449 e. The van der Waals surface area contributed by atoms with Crippen LogP contribution in [-0.4, -0.2) is 18.4 Å². The number of para-hydroxylation sites is 1. The largest absolute Gasteiger partial charge is 0.449 e. The zero-order valence-electron chi connectivity index (χ0n) is 13.4. The third-order valence-electron chi connectivity index (χ3n) is 3.31. The van der Waals surface area contributed by atoms with Gasteiger partial charge in [0.1, 0.15) is 11.5 Å². The second-order valence-electron chi connectivity index (χ2n) is 5.40. The van der Waals surface area contributed by atoms with Gasteiger partial charge in [-0.15, -0.1) is 0 Å². The third-order valence-corrected chi connectivity index (χ3v) is 3.31.